The fourth-order valence-electron chi connectivity index (χ4n) is 4.71. The summed E-state index contributed by atoms with van der Waals surface area (Å²) in [6, 6.07) is 0. The van der Waals surface area contributed by atoms with Crippen molar-refractivity contribution in [3.8, 4) is 0 Å². The molecule has 0 saturated heterocycles. The van der Waals surface area contributed by atoms with Crippen LogP contribution in [-0.2, 0) is 4.79 Å². The third-order valence-electron chi connectivity index (χ3n) is 6.86. The summed E-state index contributed by atoms with van der Waals surface area (Å²) in [6.07, 6.45) is 35.6. The molecule has 0 aromatic heterocycles. The van der Waals surface area contributed by atoms with Crippen LogP contribution in [0.2, 0.25) is 0 Å². The normalized spacial score (nSPS) is 12.3. The second-order valence-corrected chi connectivity index (χ2v) is 9.92. The third kappa shape index (κ3) is 23.9. The van der Waals surface area contributed by atoms with Crippen molar-refractivity contribution < 1.29 is 4.79 Å². The van der Waals surface area contributed by atoms with Crippen molar-refractivity contribution in [3.05, 3.63) is 0 Å². The SMILES string of the molecule is CCCCCCCCCCCCCCC(CC=O)CCCCCCCCCCCC. The molecule has 0 rings (SSSR count). The van der Waals surface area contributed by atoms with Gasteiger partial charge >= 0.3 is 0 Å². The standard InChI is InChI=1S/C29H58O/c1-3-5-7-9-11-13-15-16-18-20-22-24-26-29(27-28-30)25-23-21-19-17-14-12-10-8-6-4-2/h28-29H,3-27H2,1-2H3. The van der Waals surface area contributed by atoms with E-state index in [1.54, 1.807) is 0 Å². The Labute approximate surface area is 191 Å². The molecule has 0 heterocycles. The van der Waals surface area contributed by atoms with Crippen LogP contribution in [0, 0.1) is 5.92 Å². The van der Waals surface area contributed by atoms with Crippen LogP contribution in [0.3, 0.4) is 0 Å². The highest BCUT2D eigenvalue weighted by atomic mass is 16.1. The average molecular weight is 423 g/mol. The van der Waals surface area contributed by atoms with Crippen LogP contribution in [0.25, 0.3) is 0 Å². The molecule has 0 aliphatic rings. The van der Waals surface area contributed by atoms with Gasteiger partial charge in [-0.15, -0.1) is 0 Å². The van der Waals surface area contributed by atoms with E-state index >= 15 is 0 Å². The summed E-state index contributed by atoms with van der Waals surface area (Å²) >= 11 is 0. The highest BCUT2D eigenvalue weighted by Gasteiger charge is 2.08. The Kier molecular flexibility index (Phi) is 26.4. The Balaban J connectivity index is 3.40. The molecule has 0 fully saturated rings. The van der Waals surface area contributed by atoms with Crippen molar-refractivity contribution in [2.24, 2.45) is 5.92 Å². The zero-order valence-electron chi connectivity index (χ0n) is 21.2. The summed E-state index contributed by atoms with van der Waals surface area (Å²) in [5.41, 5.74) is 0. The quantitative estimate of drug-likeness (QED) is 0.1000. The van der Waals surface area contributed by atoms with Crippen molar-refractivity contribution in [2.75, 3.05) is 0 Å². The topological polar surface area (TPSA) is 17.1 Å². The highest BCUT2D eigenvalue weighted by molar-refractivity contribution is 5.49. The van der Waals surface area contributed by atoms with E-state index in [0.717, 1.165) is 6.42 Å². The Morgan fingerprint density at radius 1 is 0.433 bits per heavy atom. The van der Waals surface area contributed by atoms with Crippen LogP contribution >= 0.6 is 0 Å². The molecule has 0 N–H and O–H groups in total. The molecular weight excluding hydrogens is 364 g/mol. The van der Waals surface area contributed by atoms with E-state index in [4.69, 9.17) is 0 Å². The Bertz CT molecular complexity index is 311. The van der Waals surface area contributed by atoms with Crippen molar-refractivity contribution >= 4 is 6.29 Å². The predicted molar refractivity (Wildman–Crippen MR) is 136 cm³/mol. The second kappa shape index (κ2) is 26.7. The summed E-state index contributed by atoms with van der Waals surface area (Å²) in [6.45, 7) is 4.58. The van der Waals surface area contributed by atoms with E-state index in [2.05, 4.69) is 13.8 Å². The number of aldehydes is 1. The maximum atomic E-state index is 11.0. The van der Waals surface area contributed by atoms with E-state index < -0.39 is 0 Å². The molecule has 0 radical (unpaired) electrons. The van der Waals surface area contributed by atoms with Gasteiger partial charge in [-0.3, -0.25) is 0 Å². The van der Waals surface area contributed by atoms with Crippen LogP contribution < -0.4 is 0 Å². The molecule has 0 aromatic rings. The van der Waals surface area contributed by atoms with Gasteiger partial charge in [0.25, 0.3) is 0 Å². The zero-order valence-corrected chi connectivity index (χ0v) is 21.2. The van der Waals surface area contributed by atoms with Crippen molar-refractivity contribution in [3.63, 3.8) is 0 Å². The van der Waals surface area contributed by atoms with Crippen molar-refractivity contribution in [1.82, 2.24) is 0 Å². The molecule has 30 heavy (non-hydrogen) atoms. The molecule has 0 saturated carbocycles. The van der Waals surface area contributed by atoms with Crippen molar-refractivity contribution in [1.29, 1.82) is 0 Å². The number of rotatable bonds is 26. The largest absolute Gasteiger partial charge is 0.303 e. The molecule has 0 bridgehead atoms. The van der Waals surface area contributed by atoms with Crippen LogP contribution in [0.5, 0.6) is 0 Å². The molecule has 0 aromatic carbocycles. The summed E-state index contributed by atoms with van der Waals surface area (Å²) in [5, 5.41) is 0. The Morgan fingerprint density at radius 3 is 0.967 bits per heavy atom. The third-order valence-corrected chi connectivity index (χ3v) is 6.86. The lowest BCUT2D eigenvalue weighted by atomic mass is 9.92. The van der Waals surface area contributed by atoms with Gasteiger partial charge in [-0.05, 0) is 5.92 Å². The van der Waals surface area contributed by atoms with Gasteiger partial charge in [0, 0.05) is 6.42 Å². The van der Waals surface area contributed by atoms with Gasteiger partial charge in [0.1, 0.15) is 6.29 Å². The maximum absolute atomic E-state index is 11.0. The zero-order chi connectivity index (χ0) is 22.0. The number of carbonyl (C=O) groups is 1. The number of hydrogen-bond donors (Lipinski definition) is 0. The molecule has 0 aliphatic carbocycles. The van der Waals surface area contributed by atoms with E-state index in [1.807, 2.05) is 0 Å². The summed E-state index contributed by atoms with van der Waals surface area (Å²) in [7, 11) is 0. The molecule has 0 amide bonds. The van der Waals surface area contributed by atoms with E-state index in [9.17, 15) is 4.79 Å². The number of hydrogen-bond acceptors (Lipinski definition) is 1. The minimum Gasteiger partial charge on any atom is -0.303 e. The molecule has 0 aliphatic heterocycles. The second-order valence-electron chi connectivity index (χ2n) is 9.92. The fourth-order valence-corrected chi connectivity index (χ4v) is 4.71. The summed E-state index contributed by atoms with van der Waals surface area (Å²) in [4.78, 5) is 11.0. The first-order valence-corrected chi connectivity index (χ1v) is 14.3. The van der Waals surface area contributed by atoms with E-state index in [-0.39, 0.29) is 0 Å². The molecule has 1 atom stereocenters. The van der Waals surface area contributed by atoms with Crippen molar-refractivity contribution in [2.45, 2.75) is 174 Å². The van der Waals surface area contributed by atoms with Gasteiger partial charge in [-0.1, -0.05) is 168 Å². The van der Waals surface area contributed by atoms with Crippen LogP contribution in [-0.4, -0.2) is 6.29 Å². The first kappa shape index (κ1) is 29.7. The minimum absolute atomic E-state index is 0.666. The molecule has 180 valence electrons. The smallest absolute Gasteiger partial charge is 0.120 e. The lowest BCUT2D eigenvalue weighted by Crippen LogP contribution is -2.02. The van der Waals surface area contributed by atoms with Gasteiger partial charge < -0.3 is 4.79 Å². The molecule has 1 heteroatoms. The minimum atomic E-state index is 0.666. The van der Waals surface area contributed by atoms with E-state index in [0.29, 0.717) is 5.92 Å². The average Bonchev–Trinajstić information content (AvgIpc) is 2.75. The predicted octanol–water partition coefficient (Wildman–Crippen LogP) is 10.6. The first-order chi connectivity index (χ1) is 14.8. The number of carbonyl (C=O) groups excluding carboxylic acids is 1. The Hall–Kier alpha value is -0.330. The molecular formula is C29H58O. The first-order valence-electron chi connectivity index (χ1n) is 14.3. The maximum Gasteiger partial charge on any atom is 0.120 e. The molecule has 1 unspecified atom stereocenters. The van der Waals surface area contributed by atoms with Gasteiger partial charge in [-0.2, -0.15) is 0 Å². The highest BCUT2D eigenvalue weighted by Crippen LogP contribution is 2.21. The van der Waals surface area contributed by atoms with Gasteiger partial charge in [-0.25, -0.2) is 0 Å². The van der Waals surface area contributed by atoms with Crippen LogP contribution in [0.4, 0.5) is 0 Å². The summed E-state index contributed by atoms with van der Waals surface area (Å²) < 4.78 is 0. The van der Waals surface area contributed by atoms with Gasteiger partial charge in [0.05, 0.1) is 0 Å². The summed E-state index contributed by atoms with van der Waals surface area (Å²) in [5.74, 6) is 0.666. The lowest BCUT2D eigenvalue weighted by molar-refractivity contribution is -0.108. The lowest BCUT2D eigenvalue weighted by Gasteiger charge is -2.14. The molecule has 1 nitrogen and oxygen atoms in total. The van der Waals surface area contributed by atoms with Gasteiger partial charge in [0.2, 0.25) is 0 Å². The Morgan fingerprint density at radius 2 is 0.700 bits per heavy atom. The fraction of sp³-hybridized carbons (Fsp3) is 0.966. The molecule has 0 spiro atoms. The van der Waals surface area contributed by atoms with Crippen LogP contribution in [0.15, 0.2) is 0 Å². The number of unbranched alkanes of at least 4 members (excludes halogenated alkanes) is 20. The monoisotopic (exact) mass is 422 g/mol. The van der Waals surface area contributed by atoms with Gasteiger partial charge in [0.15, 0.2) is 0 Å². The van der Waals surface area contributed by atoms with Crippen LogP contribution in [0.1, 0.15) is 174 Å². The van der Waals surface area contributed by atoms with E-state index in [1.165, 1.54) is 160 Å².